The number of aliphatic hydroxyl groups excluding tert-OH is 1. The number of benzene rings is 2. The smallest absolute Gasteiger partial charge is 0.166 e. The van der Waals surface area contributed by atoms with Crippen LogP contribution in [0.1, 0.15) is 0 Å². The number of aromatic amines is 1. The Labute approximate surface area is 128 Å². The normalized spacial score (nSPS) is 10.7. The number of nitrogens with one attached hydrogen (secondary N) is 1. The first-order chi connectivity index (χ1) is 10.4. The molecule has 0 fully saturated rings. The molecule has 0 unspecified atom stereocenters. The molecule has 3 nitrogen and oxygen atoms in total. The first-order valence-electron chi connectivity index (χ1n) is 6.83. The van der Waals surface area contributed by atoms with E-state index in [0.29, 0.717) is 5.75 Å². The summed E-state index contributed by atoms with van der Waals surface area (Å²) in [5, 5.41) is 9.81. The number of H-pyrrole nitrogens is 1. The third-order valence-electron chi connectivity index (χ3n) is 3.12. The minimum Gasteiger partial charge on any atom is -0.396 e. The van der Waals surface area contributed by atoms with E-state index in [0.717, 1.165) is 27.7 Å². The molecule has 0 saturated carbocycles. The molecule has 4 heteroatoms. The molecule has 1 heterocycles. The fraction of sp³-hybridized carbons (Fsp3) is 0.118. The predicted molar refractivity (Wildman–Crippen MR) is 87.3 cm³/mol. The van der Waals surface area contributed by atoms with Crippen LogP contribution in [-0.2, 0) is 0 Å². The minimum atomic E-state index is 0.146. The molecular weight excluding hydrogens is 280 g/mol. The molecule has 106 valence electrons. The molecule has 1 aromatic heterocycles. The van der Waals surface area contributed by atoms with Gasteiger partial charge in [-0.15, -0.1) is 0 Å². The standard InChI is InChI=1S/C17H16N2OS/c20-11-12-21-17-18-15(13-7-3-1-4-8-13)16(19-17)14-9-5-2-6-10-14/h1-10,20H,11-12H2,(H,18,19). The van der Waals surface area contributed by atoms with Crippen molar-refractivity contribution in [2.75, 3.05) is 12.4 Å². The number of hydrogen-bond donors (Lipinski definition) is 2. The number of rotatable bonds is 5. The highest BCUT2D eigenvalue weighted by Gasteiger charge is 2.13. The van der Waals surface area contributed by atoms with Crippen molar-refractivity contribution < 1.29 is 5.11 Å². The van der Waals surface area contributed by atoms with Crippen molar-refractivity contribution in [2.45, 2.75) is 5.16 Å². The second kappa shape index (κ2) is 6.61. The van der Waals surface area contributed by atoms with Crippen molar-refractivity contribution in [2.24, 2.45) is 0 Å². The quantitative estimate of drug-likeness (QED) is 0.704. The summed E-state index contributed by atoms with van der Waals surface area (Å²) in [5.41, 5.74) is 4.16. The molecule has 2 N–H and O–H groups in total. The van der Waals surface area contributed by atoms with Crippen molar-refractivity contribution in [3.8, 4) is 22.5 Å². The monoisotopic (exact) mass is 296 g/mol. The summed E-state index contributed by atoms with van der Waals surface area (Å²) in [6.45, 7) is 0.146. The maximum atomic E-state index is 8.98. The summed E-state index contributed by atoms with van der Waals surface area (Å²) >= 11 is 1.53. The van der Waals surface area contributed by atoms with Gasteiger partial charge in [0.1, 0.15) is 0 Å². The van der Waals surface area contributed by atoms with Crippen LogP contribution < -0.4 is 0 Å². The zero-order valence-electron chi connectivity index (χ0n) is 11.5. The molecule has 0 atom stereocenters. The summed E-state index contributed by atoms with van der Waals surface area (Å²) < 4.78 is 0. The number of aromatic nitrogens is 2. The number of nitrogens with zero attached hydrogens (tertiary/aromatic N) is 1. The third kappa shape index (κ3) is 3.17. The highest BCUT2D eigenvalue weighted by molar-refractivity contribution is 7.99. The van der Waals surface area contributed by atoms with Crippen LogP contribution in [0.3, 0.4) is 0 Å². The van der Waals surface area contributed by atoms with Crippen LogP contribution in [0.25, 0.3) is 22.5 Å². The Morgan fingerprint density at radius 3 is 2.14 bits per heavy atom. The zero-order chi connectivity index (χ0) is 14.5. The summed E-state index contributed by atoms with van der Waals surface area (Å²) in [7, 11) is 0. The molecule has 2 aromatic carbocycles. The lowest BCUT2D eigenvalue weighted by Gasteiger charge is -2.02. The maximum Gasteiger partial charge on any atom is 0.166 e. The Bertz CT molecular complexity index is 638. The molecule has 0 aliphatic carbocycles. The van der Waals surface area contributed by atoms with E-state index in [1.807, 2.05) is 36.4 Å². The van der Waals surface area contributed by atoms with Gasteiger partial charge in [-0.2, -0.15) is 0 Å². The van der Waals surface area contributed by atoms with Crippen molar-refractivity contribution in [1.82, 2.24) is 9.97 Å². The highest BCUT2D eigenvalue weighted by atomic mass is 32.2. The Morgan fingerprint density at radius 2 is 1.52 bits per heavy atom. The van der Waals surface area contributed by atoms with Gasteiger partial charge >= 0.3 is 0 Å². The van der Waals surface area contributed by atoms with Crippen LogP contribution in [0.15, 0.2) is 65.8 Å². The lowest BCUT2D eigenvalue weighted by atomic mass is 10.1. The Kier molecular flexibility index (Phi) is 4.38. The van der Waals surface area contributed by atoms with Crippen LogP contribution in [0, 0.1) is 0 Å². The first-order valence-corrected chi connectivity index (χ1v) is 7.81. The SMILES string of the molecule is OCCSc1nc(-c2ccccc2)c(-c2ccccc2)[nH]1. The molecule has 0 saturated heterocycles. The van der Waals surface area contributed by atoms with Gasteiger partial charge in [0, 0.05) is 16.9 Å². The second-order valence-corrected chi connectivity index (χ2v) is 5.65. The molecule has 0 amide bonds. The van der Waals surface area contributed by atoms with Gasteiger partial charge in [0.25, 0.3) is 0 Å². The van der Waals surface area contributed by atoms with Crippen molar-refractivity contribution in [1.29, 1.82) is 0 Å². The molecule has 0 aliphatic heterocycles. The van der Waals surface area contributed by atoms with Crippen molar-refractivity contribution >= 4 is 11.8 Å². The van der Waals surface area contributed by atoms with E-state index >= 15 is 0 Å². The number of hydrogen-bond acceptors (Lipinski definition) is 3. The molecule has 3 aromatic rings. The van der Waals surface area contributed by atoms with Crippen LogP contribution in [-0.4, -0.2) is 27.4 Å². The molecule has 0 radical (unpaired) electrons. The second-order valence-electron chi connectivity index (χ2n) is 4.57. The van der Waals surface area contributed by atoms with E-state index < -0.39 is 0 Å². The van der Waals surface area contributed by atoms with E-state index in [-0.39, 0.29) is 6.61 Å². The fourth-order valence-electron chi connectivity index (χ4n) is 2.18. The average Bonchev–Trinajstić information content (AvgIpc) is 2.99. The first kappa shape index (κ1) is 13.9. The van der Waals surface area contributed by atoms with E-state index in [1.54, 1.807) is 0 Å². The molecule has 0 aliphatic rings. The summed E-state index contributed by atoms with van der Waals surface area (Å²) in [5.74, 6) is 0.635. The van der Waals surface area contributed by atoms with E-state index in [9.17, 15) is 0 Å². The van der Waals surface area contributed by atoms with Gasteiger partial charge in [0.15, 0.2) is 5.16 Å². The van der Waals surface area contributed by atoms with Gasteiger partial charge in [-0.25, -0.2) is 4.98 Å². The van der Waals surface area contributed by atoms with E-state index in [4.69, 9.17) is 10.1 Å². The minimum absolute atomic E-state index is 0.146. The van der Waals surface area contributed by atoms with E-state index in [1.165, 1.54) is 11.8 Å². The summed E-state index contributed by atoms with van der Waals surface area (Å²) in [6.07, 6.45) is 0. The van der Waals surface area contributed by atoms with Gasteiger partial charge in [-0.05, 0) is 0 Å². The van der Waals surface area contributed by atoms with Gasteiger partial charge in [0.05, 0.1) is 18.0 Å². The van der Waals surface area contributed by atoms with Crippen molar-refractivity contribution in [3.63, 3.8) is 0 Å². The number of thioether (sulfide) groups is 1. The average molecular weight is 296 g/mol. The Morgan fingerprint density at radius 1 is 0.905 bits per heavy atom. The van der Waals surface area contributed by atoms with Gasteiger partial charge in [-0.3, -0.25) is 0 Å². The molecule has 0 spiro atoms. The largest absolute Gasteiger partial charge is 0.396 e. The van der Waals surface area contributed by atoms with Crippen LogP contribution in [0.4, 0.5) is 0 Å². The number of imidazole rings is 1. The Balaban J connectivity index is 2.06. The molecular formula is C17H16N2OS. The zero-order valence-corrected chi connectivity index (χ0v) is 12.3. The lowest BCUT2D eigenvalue weighted by Crippen LogP contribution is -1.86. The van der Waals surface area contributed by atoms with Gasteiger partial charge < -0.3 is 10.1 Å². The molecule has 21 heavy (non-hydrogen) atoms. The maximum absolute atomic E-state index is 8.98. The van der Waals surface area contributed by atoms with Crippen molar-refractivity contribution in [3.05, 3.63) is 60.7 Å². The number of aliphatic hydroxyl groups is 1. The lowest BCUT2D eigenvalue weighted by molar-refractivity contribution is 0.322. The topological polar surface area (TPSA) is 48.9 Å². The van der Waals surface area contributed by atoms with Crippen LogP contribution >= 0.6 is 11.8 Å². The Hall–Kier alpha value is -2.04. The summed E-state index contributed by atoms with van der Waals surface area (Å²) in [6, 6.07) is 20.3. The van der Waals surface area contributed by atoms with Gasteiger partial charge in [-0.1, -0.05) is 72.4 Å². The molecule has 3 rings (SSSR count). The van der Waals surface area contributed by atoms with Crippen LogP contribution in [0.5, 0.6) is 0 Å². The summed E-state index contributed by atoms with van der Waals surface area (Å²) in [4.78, 5) is 8.06. The fourth-order valence-corrected chi connectivity index (χ4v) is 2.80. The van der Waals surface area contributed by atoms with Crippen LogP contribution in [0.2, 0.25) is 0 Å². The predicted octanol–water partition coefficient (Wildman–Crippen LogP) is 3.83. The van der Waals surface area contributed by atoms with E-state index in [2.05, 4.69) is 29.2 Å². The highest BCUT2D eigenvalue weighted by Crippen LogP contribution is 2.32. The third-order valence-corrected chi connectivity index (χ3v) is 3.98. The molecule has 0 bridgehead atoms. The van der Waals surface area contributed by atoms with Gasteiger partial charge in [0.2, 0.25) is 0 Å².